The van der Waals surface area contributed by atoms with Crippen molar-refractivity contribution in [1.82, 2.24) is 24.9 Å². The standard InChI is InChI=1S/C25H19F2N7O2/c26-12-15-4-3-6-16(10-15)25(35)30-21-13-29-24(31-23(21)28)20-11-22(19-8-9-36-33-19)34(32-20)14-17-5-1-2-7-18(17)27/h1-11,13H,12,14H2,(H,30,35)(H2,28,29,31). The number of carbonyl (C=O) groups excluding carboxylic acids is 1. The van der Waals surface area contributed by atoms with E-state index in [1.165, 1.54) is 24.6 Å². The number of hydrogen-bond acceptors (Lipinski definition) is 7. The largest absolute Gasteiger partial charge is 0.382 e. The van der Waals surface area contributed by atoms with E-state index in [1.807, 2.05) is 0 Å². The maximum atomic E-state index is 14.3. The second-order valence-electron chi connectivity index (χ2n) is 7.83. The molecule has 5 aromatic rings. The SMILES string of the molecule is Nc1nc(-c2cc(-c3ccon3)n(Cc3ccccc3F)n2)ncc1NC(=O)c1cccc(CF)c1. The molecule has 0 bridgehead atoms. The van der Waals surface area contributed by atoms with Gasteiger partial charge in [-0.15, -0.1) is 0 Å². The van der Waals surface area contributed by atoms with Crippen molar-refractivity contribution in [2.45, 2.75) is 13.2 Å². The average Bonchev–Trinajstić information content (AvgIpc) is 3.57. The zero-order chi connectivity index (χ0) is 25.1. The summed E-state index contributed by atoms with van der Waals surface area (Å²) < 4.78 is 33.7. The van der Waals surface area contributed by atoms with Crippen molar-refractivity contribution in [3.05, 3.63) is 95.6 Å². The molecule has 11 heteroatoms. The molecule has 0 radical (unpaired) electrons. The number of rotatable bonds is 7. The van der Waals surface area contributed by atoms with Gasteiger partial charge >= 0.3 is 0 Å². The van der Waals surface area contributed by atoms with Crippen molar-refractivity contribution in [3.63, 3.8) is 0 Å². The molecule has 1 amide bonds. The van der Waals surface area contributed by atoms with Crippen molar-refractivity contribution >= 4 is 17.4 Å². The Balaban J connectivity index is 1.44. The Kier molecular flexibility index (Phi) is 6.18. The molecule has 2 aromatic carbocycles. The van der Waals surface area contributed by atoms with Crippen LogP contribution in [-0.4, -0.2) is 30.8 Å². The van der Waals surface area contributed by atoms with Crippen molar-refractivity contribution in [3.8, 4) is 22.9 Å². The Hall–Kier alpha value is -4.93. The van der Waals surface area contributed by atoms with Crippen LogP contribution in [0.1, 0.15) is 21.5 Å². The highest BCUT2D eigenvalue weighted by molar-refractivity contribution is 6.05. The fraction of sp³-hybridized carbons (Fsp3) is 0.0800. The van der Waals surface area contributed by atoms with Gasteiger partial charge in [-0.2, -0.15) is 5.10 Å². The number of aromatic nitrogens is 5. The lowest BCUT2D eigenvalue weighted by Gasteiger charge is -2.08. The van der Waals surface area contributed by atoms with E-state index in [4.69, 9.17) is 10.3 Å². The van der Waals surface area contributed by atoms with Gasteiger partial charge in [0.05, 0.1) is 18.4 Å². The van der Waals surface area contributed by atoms with Crippen LogP contribution in [0, 0.1) is 5.82 Å². The van der Waals surface area contributed by atoms with Crippen LogP contribution >= 0.6 is 0 Å². The van der Waals surface area contributed by atoms with E-state index in [-0.39, 0.29) is 35.3 Å². The minimum atomic E-state index is -0.680. The molecule has 9 nitrogen and oxygen atoms in total. The minimum Gasteiger partial charge on any atom is -0.382 e. The van der Waals surface area contributed by atoms with Crippen LogP contribution in [0.5, 0.6) is 0 Å². The minimum absolute atomic E-state index is 0.0154. The van der Waals surface area contributed by atoms with E-state index >= 15 is 0 Å². The summed E-state index contributed by atoms with van der Waals surface area (Å²) in [6.07, 6.45) is 2.78. The molecule has 0 aliphatic heterocycles. The summed E-state index contributed by atoms with van der Waals surface area (Å²) in [5.74, 6) is -0.627. The monoisotopic (exact) mass is 487 g/mol. The molecule has 0 saturated carbocycles. The van der Waals surface area contributed by atoms with Crippen LogP contribution in [0.2, 0.25) is 0 Å². The van der Waals surface area contributed by atoms with Crippen molar-refractivity contribution in [2.24, 2.45) is 0 Å². The zero-order valence-electron chi connectivity index (χ0n) is 18.7. The Bertz CT molecular complexity index is 1530. The fourth-order valence-corrected chi connectivity index (χ4v) is 3.59. The first-order chi connectivity index (χ1) is 17.5. The van der Waals surface area contributed by atoms with Crippen LogP contribution < -0.4 is 11.1 Å². The van der Waals surface area contributed by atoms with E-state index in [1.54, 1.807) is 53.2 Å². The van der Waals surface area contributed by atoms with E-state index in [0.717, 1.165) is 0 Å². The number of nitrogens with one attached hydrogen (secondary N) is 1. The predicted octanol–water partition coefficient (Wildman–Crippen LogP) is 4.49. The lowest BCUT2D eigenvalue weighted by atomic mass is 10.1. The van der Waals surface area contributed by atoms with E-state index in [0.29, 0.717) is 28.2 Å². The third-order valence-corrected chi connectivity index (χ3v) is 5.40. The normalized spacial score (nSPS) is 10.9. The lowest BCUT2D eigenvalue weighted by Crippen LogP contribution is -2.14. The molecule has 3 heterocycles. The highest BCUT2D eigenvalue weighted by Gasteiger charge is 2.18. The van der Waals surface area contributed by atoms with Gasteiger partial charge in [0.25, 0.3) is 5.91 Å². The molecule has 0 aliphatic rings. The average molecular weight is 487 g/mol. The van der Waals surface area contributed by atoms with Crippen LogP contribution in [0.4, 0.5) is 20.3 Å². The summed E-state index contributed by atoms with van der Waals surface area (Å²) in [4.78, 5) is 21.1. The highest BCUT2D eigenvalue weighted by Crippen LogP contribution is 2.26. The van der Waals surface area contributed by atoms with E-state index < -0.39 is 12.6 Å². The maximum Gasteiger partial charge on any atom is 0.255 e. The summed E-state index contributed by atoms with van der Waals surface area (Å²) in [6, 6.07) is 15.9. The van der Waals surface area contributed by atoms with Gasteiger partial charge in [0.15, 0.2) is 11.6 Å². The maximum absolute atomic E-state index is 14.3. The Morgan fingerprint density at radius 2 is 1.94 bits per heavy atom. The number of halogens is 2. The quantitative estimate of drug-likeness (QED) is 0.347. The molecule has 0 atom stereocenters. The van der Waals surface area contributed by atoms with Gasteiger partial charge in [-0.1, -0.05) is 35.5 Å². The molecule has 36 heavy (non-hydrogen) atoms. The van der Waals surface area contributed by atoms with E-state index in [2.05, 4.69) is 25.5 Å². The predicted molar refractivity (Wildman–Crippen MR) is 128 cm³/mol. The van der Waals surface area contributed by atoms with Crippen LogP contribution in [-0.2, 0) is 13.2 Å². The first-order valence-electron chi connectivity index (χ1n) is 10.8. The molecule has 5 rings (SSSR count). The molecule has 0 saturated heterocycles. The van der Waals surface area contributed by atoms with Crippen LogP contribution in [0.15, 0.2) is 77.6 Å². The third-order valence-electron chi connectivity index (χ3n) is 5.40. The second-order valence-corrected chi connectivity index (χ2v) is 7.83. The topological polar surface area (TPSA) is 125 Å². The van der Waals surface area contributed by atoms with Crippen molar-refractivity contribution in [2.75, 3.05) is 11.1 Å². The number of alkyl halides is 1. The van der Waals surface area contributed by atoms with Crippen molar-refractivity contribution in [1.29, 1.82) is 0 Å². The Labute approximate surface area is 203 Å². The smallest absolute Gasteiger partial charge is 0.255 e. The van der Waals surface area contributed by atoms with Gasteiger partial charge < -0.3 is 15.6 Å². The fourth-order valence-electron chi connectivity index (χ4n) is 3.59. The van der Waals surface area contributed by atoms with Gasteiger partial charge in [-0.3, -0.25) is 9.48 Å². The summed E-state index contributed by atoms with van der Waals surface area (Å²) in [5, 5.41) is 11.1. The second kappa shape index (κ2) is 9.74. The number of amides is 1. The van der Waals surface area contributed by atoms with Gasteiger partial charge in [0.2, 0.25) is 0 Å². The number of nitrogens with zero attached hydrogens (tertiary/aromatic N) is 5. The molecular formula is C25H19F2N7O2. The number of carbonyl (C=O) groups is 1. The summed E-state index contributed by atoms with van der Waals surface area (Å²) in [7, 11) is 0. The summed E-state index contributed by atoms with van der Waals surface area (Å²) in [5.41, 5.74) is 8.80. The number of anilines is 2. The van der Waals surface area contributed by atoms with Crippen LogP contribution in [0.3, 0.4) is 0 Å². The highest BCUT2D eigenvalue weighted by atomic mass is 19.1. The molecule has 3 aromatic heterocycles. The van der Waals surface area contributed by atoms with Gasteiger partial charge in [0.1, 0.15) is 35.8 Å². The summed E-state index contributed by atoms with van der Waals surface area (Å²) in [6.45, 7) is -0.544. The van der Waals surface area contributed by atoms with Gasteiger partial charge in [0, 0.05) is 17.2 Å². The first kappa shape index (κ1) is 22.8. The number of benzene rings is 2. The molecule has 0 aliphatic carbocycles. The molecular weight excluding hydrogens is 468 g/mol. The Morgan fingerprint density at radius 3 is 2.69 bits per heavy atom. The molecule has 0 unspecified atom stereocenters. The Morgan fingerprint density at radius 1 is 1.08 bits per heavy atom. The van der Waals surface area contributed by atoms with Gasteiger partial charge in [-0.05, 0) is 29.8 Å². The number of nitrogens with two attached hydrogens (primary N) is 1. The first-order valence-corrected chi connectivity index (χ1v) is 10.8. The van der Waals surface area contributed by atoms with Crippen LogP contribution in [0.25, 0.3) is 22.9 Å². The number of hydrogen-bond donors (Lipinski definition) is 2. The van der Waals surface area contributed by atoms with E-state index in [9.17, 15) is 13.6 Å². The summed E-state index contributed by atoms with van der Waals surface area (Å²) >= 11 is 0. The molecule has 180 valence electrons. The van der Waals surface area contributed by atoms with Crippen molar-refractivity contribution < 1.29 is 18.1 Å². The zero-order valence-corrected chi connectivity index (χ0v) is 18.7. The molecule has 0 spiro atoms. The molecule has 0 fully saturated rings. The number of nitrogen functional groups attached to an aromatic ring is 1. The van der Waals surface area contributed by atoms with Gasteiger partial charge in [-0.25, -0.2) is 18.7 Å². The molecule has 3 N–H and O–H groups in total. The third kappa shape index (κ3) is 4.67. The lowest BCUT2D eigenvalue weighted by molar-refractivity contribution is 0.102.